The molecule has 2 heterocycles. The summed E-state index contributed by atoms with van der Waals surface area (Å²) >= 11 is 3.93. The topological polar surface area (TPSA) is 77.0 Å². The molecule has 0 radical (unpaired) electrons. The largest absolute Gasteiger partial charge is 0.383 e. The zero-order valence-electron chi connectivity index (χ0n) is 9.85. The van der Waals surface area contributed by atoms with Gasteiger partial charge in [-0.05, 0) is 18.6 Å². The number of nitrogens with zero attached hydrogens (tertiary/aromatic N) is 1. The monoisotopic (exact) mass is 270 g/mol. The van der Waals surface area contributed by atoms with E-state index in [0.717, 1.165) is 16.9 Å². The number of nitrogen functional groups attached to an aromatic ring is 1. The molecule has 0 amide bonds. The van der Waals surface area contributed by atoms with Crippen LogP contribution in [0.15, 0.2) is 12.3 Å². The van der Waals surface area contributed by atoms with Crippen LogP contribution in [0.25, 0.3) is 0 Å². The van der Waals surface area contributed by atoms with Crippen LogP contribution in [0.3, 0.4) is 0 Å². The molecule has 0 bridgehead atoms. The van der Waals surface area contributed by atoms with Crippen molar-refractivity contribution in [2.75, 3.05) is 23.0 Å². The molecule has 2 atom stereocenters. The first-order chi connectivity index (χ1) is 8.22. The lowest BCUT2D eigenvalue weighted by Gasteiger charge is -2.29. The quantitative estimate of drug-likeness (QED) is 0.568. The zero-order chi connectivity index (χ0) is 12.3. The molecule has 5 N–H and O–H groups in total. The van der Waals surface area contributed by atoms with Gasteiger partial charge in [0.05, 0.1) is 6.04 Å². The van der Waals surface area contributed by atoms with E-state index in [1.165, 1.54) is 11.5 Å². The molecule has 17 heavy (non-hydrogen) atoms. The van der Waals surface area contributed by atoms with Crippen molar-refractivity contribution in [3.05, 3.63) is 23.4 Å². The molecule has 2 rings (SSSR count). The Morgan fingerprint density at radius 1 is 1.53 bits per heavy atom. The molecule has 0 aliphatic carbocycles. The second-order valence-corrected chi connectivity index (χ2v) is 6.61. The minimum atomic E-state index is 0.0835. The van der Waals surface area contributed by atoms with Crippen molar-refractivity contribution in [2.24, 2.45) is 5.84 Å². The van der Waals surface area contributed by atoms with Gasteiger partial charge in [0.1, 0.15) is 5.82 Å². The average molecular weight is 270 g/mol. The third-order valence-electron chi connectivity index (χ3n) is 2.81. The summed E-state index contributed by atoms with van der Waals surface area (Å²) in [6.07, 6.45) is 1.79. The van der Waals surface area contributed by atoms with Gasteiger partial charge in [-0.2, -0.15) is 23.5 Å². The number of hydrazine groups is 1. The van der Waals surface area contributed by atoms with Crippen molar-refractivity contribution in [2.45, 2.75) is 18.2 Å². The Kier molecular flexibility index (Phi) is 4.55. The smallest absolute Gasteiger partial charge is 0.128 e. The molecule has 0 spiro atoms. The fourth-order valence-electron chi connectivity index (χ4n) is 1.95. The van der Waals surface area contributed by atoms with Gasteiger partial charge in [-0.15, -0.1) is 0 Å². The number of hydrogen-bond acceptors (Lipinski definition) is 6. The summed E-state index contributed by atoms with van der Waals surface area (Å²) in [5, 5.41) is 0.463. The number of aromatic nitrogens is 1. The van der Waals surface area contributed by atoms with E-state index in [2.05, 4.69) is 16.5 Å². The van der Waals surface area contributed by atoms with Gasteiger partial charge in [-0.25, -0.2) is 4.98 Å². The third kappa shape index (κ3) is 3.07. The van der Waals surface area contributed by atoms with Crippen LogP contribution in [0.1, 0.15) is 17.2 Å². The number of anilines is 1. The molecule has 4 nitrogen and oxygen atoms in total. The van der Waals surface area contributed by atoms with Gasteiger partial charge in [0.15, 0.2) is 0 Å². The highest BCUT2D eigenvalue weighted by Crippen LogP contribution is 2.34. The Bertz CT molecular complexity index is 380. The maximum absolute atomic E-state index is 5.95. The van der Waals surface area contributed by atoms with Crippen molar-refractivity contribution < 1.29 is 0 Å². The number of hydrogen-bond donors (Lipinski definition) is 3. The highest BCUT2D eigenvalue weighted by Gasteiger charge is 2.27. The number of nitrogens with two attached hydrogens (primary N) is 2. The summed E-state index contributed by atoms with van der Waals surface area (Å²) in [5.41, 5.74) is 11.0. The minimum Gasteiger partial charge on any atom is -0.383 e. The lowest BCUT2D eigenvalue weighted by molar-refractivity contribution is 0.552. The third-order valence-corrected chi connectivity index (χ3v) is 5.68. The van der Waals surface area contributed by atoms with Crippen LogP contribution in [-0.2, 0) is 0 Å². The standard InChI is InChI=1S/C11H18N4S2/c1-7-4-8(11(12)14-5-7)10(15-13)9-6-16-2-3-17-9/h4-5,9-10,15H,2-3,6,13H2,1H3,(H2,12,14). The predicted molar refractivity (Wildman–Crippen MR) is 77.0 cm³/mol. The van der Waals surface area contributed by atoms with E-state index in [-0.39, 0.29) is 6.04 Å². The fourth-order valence-corrected chi connectivity index (χ4v) is 4.79. The zero-order valence-corrected chi connectivity index (χ0v) is 11.5. The SMILES string of the molecule is Cc1cnc(N)c(C(NN)C2CSCCS2)c1. The van der Waals surface area contributed by atoms with Gasteiger partial charge >= 0.3 is 0 Å². The van der Waals surface area contributed by atoms with Crippen LogP contribution in [0.2, 0.25) is 0 Å². The first kappa shape index (κ1) is 13.0. The molecule has 1 fully saturated rings. The Balaban J connectivity index is 2.24. The Labute approximate surface area is 110 Å². The van der Waals surface area contributed by atoms with Gasteiger partial charge in [0.2, 0.25) is 0 Å². The van der Waals surface area contributed by atoms with Crippen LogP contribution in [0.4, 0.5) is 5.82 Å². The maximum atomic E-state index is 5.95. The summed E-state index contributed by atoms with van der Waals surface area (Å²) in [7, 11) is 0. The molecule has 1 aliphatic heterocycles. The van der Waals surface area contributed by atoms with E-state index >= 15 is 0 Å². The average Bonchev–Trinajstić information content (AvgIpc) is 2.36. The van der Waals surface area contributed by atoms with Crippen molar-refractivity contribution >= 4 is 29.3 Å². The van der Waals surface area contributed by atoms with Crippen molar-refractivity contribution in [1.29, 1.82) is 0 Å². The molecular formula is C11H18N4S2. The molecule has 94 valence electrons. The lowest BCUT2D eigenvalue weighted by atomic mass is 10.0. The molecule has 1 aromatic rings. The van der Waals surface area contributed by atoms with E-state index < -0.39 is 0 Å². The van der Waals surface area contributed by atoms with Crippen LogP contribution < -0.4 is 17.0 Å². The molecule has 6 heteroatoms. The molecular weight excluding hydrogens is 252 g/mol. The Morgan fingerprint density at radius 2 is 2.35 bits per heavy atom. The molecule has 1 aromatic heterocycles. The maximum Gasteiger partial charge on any atom is 0.128 e. The minimum absolute atomic E-state index is 0.0835. The lowest BCUT2D eigenvalue weighted by Crippen LogP contribution is -2.38. The van der Waals surface area contributed by atoms with E-state index in [9.17, 15) is 0 Å². The molecule has 2 unspecified atom stereocenters. The number of aryl methyl sites for hydroxylation is 1. The summed E-state index contributed by atoms with van der Waals surface area (Å²) in [5.74, 6) is 9.78. The van der Waals surface area contributed by atoms with E-state index in [0.29, 0.717) is 11.1 Å². The van der Waals surface area contributed by atoms with Crippen molar-refractivity contribution in [1.82, 2.24) is 10.4 Å². The fraction of sp³-hybridized carbons (Fsp3) is 0.545. The molecule has 1 aliphatic rings. The van der Waals surface area contributed by atoms with Crippen molar-refractivity contribution in [3.8, 4) is 0 Å². The van der Waals surface area contributed by atoms with Crippen LogP contribution >= 0.6 is 23.5 Å². The second kappa shape index (κ2) is 5.95. The van der Waals surface area contributed by atoms with E-state index in [4.69, 9.17) is 11.6 Å². The predicted octanol–water partition coefficient (Wildman–Crippen LogP) is 1.33. The first-order valence-electron chi connectivity index (χ1n) is 5.60. The number of thioether (sulfide) groups is 2. The van der Waals surface area contributed by atoms with Crippen LogP contribution in [-0.4, -0.2) is 27.5 Å². The first-order valence-corrected chi connectivity index (χ1v) is 7.80. The number of nitrogens with one attached hydrogen (secondary N) is 1. The highest BCUT2D eigenvalue weighted by atomic mass is 32.2. The summed E-state index contributed by atoms with van der Waals surface area (Å²) < 4.78 is 0. The van der Waals surface area contributed by atoms with Gasteiger partial charge in [0.25, 0.3) is 0 Å². The normalized spacial score (nSPS) is 22.4. The highest BCUT2D eigenvalue weighted by molar-refractivity contribution is 8.06. The Morgan fingerprint density at radius 3 is 3.00 bits per heavy atom. The van der Waals surface area contributed by atoms with Gasteiger partial charge < -0.3 is 5.73 Å². The molecule has 0 saturated carbocycles. The summed E-state index contributed by atoms with van der Waals surface area (Å²) in [6, 6.07) is 2.16. The van der Waals surface area contributed by atoms with E-state index in [1.54, 1.807) is 6.20 Å². The van der Waals surface area contributed by atoms with Crippen molar-refractivity contribution in [3.63, 3.8) is 0 Å². The van der Waals surface area contributed by atoms with Crippen LogP contribution in [0.5, 0.6) is 0 Å². The van der Waals surface area contributed by atoms with Gasteiger partial charge in [0, 0.05) is 34.3 Å². The van der Waals surface area contributed by atoms with Gasteiger partial charge in [-0.3, -0.25) is 11.3 Å². The summed E-state index contributed by atoms with van der Waals surface area (Å²) in [4.78, 5) is 4.21. The second-order valence-electron chi connectivity index (χ2n) is 4.12. The number of rotatable bonds is 3. The molecule has 0 aromatic carbocycles. The van der Waals surface area contributed by atoms with Crippen LogP contribution in [0, 0.1) is 6.92 Å². The van der Waals surface area contributed by atoms with E-state index in [1.807, 2.05) is 30.4 Å². The van der Waals surface area contributed by atoms with Gasteiger partial charge in [-0.1, -0.05) is 0 Å². The Hall–Kier alpha value is -0.430. The molecule has 1 saturated heterocycles. The number of pyridine rings is 1. The summed E-state index contributed by atoms with van der Waals surface area (Å²) in [6.45, 7) is 2.02.